The number of hydrogen-bond donors (Lipinski definition) is 2. The van der Waals surface area contributed by atoms with E-state index in [-0.39, 0.29) is 22.1 Å². The van der Waals surface area contributed by atoms with Gasteiger partial charge in [-0.1, -0.05) is 23.2 Å². The fourth-order valence-corrected chi connectivity index (χ4v) is 4.09. The van der Waals surface area contributed by atoms with Gasteiger partial charge in [0.15, 0.2) is 5.82 Å². The lowest BCUT2D eigenvalue weighted by atomic mass is 10.1. The average Bonchev–Trinajstić information content (AvgIpc) is 2.66. The van der Waals surface area contributed by atoms with E-state index in [9.17, 15) is 17.2 Å². The highest BCUT2D eigenvalue weighted by Crippen LogP contribution is 2.32. The van der Waals surface area contributed by atoms with E-state index in [0.29, 0.717) is 5.02 Å². The molecular formula is C18H14Cl2F2N4O2S. The maximum atomic E-state index is 14.6. The Morgan fingerprint density at radius 2 is 1.83 bits per heavy atom. The molecule has 2 N–H and O–H groups in total. The van der Waals surface area contributed by atoms with Gasteiger partial charge in [0, 0.05) is 23.0 Å². The molecule has 0 bridgehead atoms. The van der Waals surface area contributed by atoms with E-state index in [0.717, 1.165) is 12.1 Å². The van der Waals surface area contributed by atoms with Gasteiger partial charge in [0.2, 0.25) is 0 Å². The van der Waals surface area contributed by atoms with Gasteiger partial charge < -0.3 is 5.32 Å². The van der Waals surface area contributed by atoms with Crippen LogP contribution in [0.4, 0.5) is 20.3 Å². The standard InChI is InChI=1S/C18H14Cl2F2N4O2S/c1-10(12-6-11(19)2-3-14(12)21)25-16-8-15(22)17(7-13(16)20)29(27,28)26-18-9-23-4-5-24-18/h2-10,25H,1H3,(H,24,26)/t10-/m0/s1. The summed E-state index contributed by atoms with van der Waals surface area (Å²) in [4.78, 5) is 6.85. The monoisotopic (exact) mass is 458 g/mol. The molecule has 0 spiro atoms. The van der Waals surface area contributed by atoms with Gasteiger partial charge in [-0.3, -0.25) is 9.71 Å². The van der Waals surface area contributed by atoms with E-state index in [1.54, 1.807) is 6.92 Å². The molecule has 0 unspecified atom stereocenters. The van der Waals surface area contributed by atoms with Crippen molar-refractivity contribution in [2.24, 2.45) is 0 Å². The largest absolute Gasteiger partial charge is 0.377 e. The number of hydrogen-bond acceptors (Lipinski definition) is 5. The predicted octanol–water partition coefficient (Wildman–Crippen LogP) is 5.04. The van der Waals surface area contributed by atoms with Crippen molar-refractivity contribution in [3.63, 3.8) is 0 Å². The van der Waals surface area contributed by atoms with Crippen molar-refractivity contribution in [2.45, 2.75) is 17.9 Å². The lowest BCUT2D eigenvalue weighted by Crippen LogP contribution is -2.16. The van der Waals surface area contributed by atoms with Crippen LogP contribution in [-0.2, 0) is 10.0 Å². The molecule has 0 amide bonds. The van der Waals surface area contributed by atoms with Crippen LogP contribution in [0, 0.1) is 11.6 Å². The van der Waals surface area contributed by atoms with Gasteiger partial charge in [0.25, 0.3) is 10.0 Å². The molecule has 152 valence electrons. The van der Waals surface area contributed by atoms with Crippen LogP contribution in [0.1, 0.15) is 18.5 Å². The summed E-state index contributed by atoms with van der Waals surface area (Å²) in [5.74, 6) is -1.62. The first kappa shape index (κ1) is 21.2. The highest BCUT2D eigenvalue weighted by Gasteiger charge is 2.23. The minimum atomic E-state index is -4.29. The molecule has 29 heavy (non-hydrogen) atoms. The fraction of sp³-hybridized carbons (Fsp3) is 0.111. The quantitative estimate of drug-likeness (QED) is 0.540. The summed E-state index contributed by atoms with van der Waals surface area (Å²) >= 11 is 12.0. The van der Waals surface area contributed by atoms with Crippen molar-refractivity contribution >= 4 is 44.7 Å². The second-order valence-corrected chi connectivity index (χ2v) is 8.48. The molecule has 3 aromatic rings. The van der Waals surface area contributed by atoms with Gasteiger partial charge in [0.05, 0.1) is 22.9 Å². The summed E-state index contributed by atoms with van der Waals surface area (Å²) < 4.78 is 55.6. The molecule has 1 atom stereocenters. The predicted molar refractivity (Wildman–Crippen MR) is 108 cm³/mol. The first-order valence-corrected chi connectivity index (χ1v) is 10.4. The first-order chi connectivity index (χ1) is 13.7. The summed E-state index contributed by atoms with van der Waals surface area (Å²) in [6, 6.07) is 5.31. The lowest BCUT2D eigenvalue weighted by Gasteiger charge is -2.18. The maximum Gasteiger partial charge on any atom is 0.266 e. The Balaban J connectivity index is 1.88. The van der Waals surface area contributed by atoms with Crippen molar-refractivity contribution in [1.29, 1.82) is 0 Å². The summed E-state index contributed by atoms with van der Waals surface area (Å²) in [5, 5.41) is 3.12. The molecule has 0 aliphatic rings. The Labute approximate surface area is 176 Å². The SMILES string of the molecule is C[C@H](Nc1cc(F)c(S(=O)(=O)Nc2cnccn2)cc1Cl)c1cc(Cl)ccc1F. The molecule has 3 rings (SSSR count). The molecule has 1 aromatic heterocycles. The summed E-state index contributed by atoms with van der Waals surface area (Å²) in [7, 11) is -4.29. The Morgan fingerprint density at radius 1 is 1.07 bits per heavy atom. The lowest BCUT2D eigenvalue weighted by molar-refractivity contribution is 0.570. The zero-order chi connectivity index (χ0) is 21.2. The number of sulfonamides is 1. The second-order valence-electron chi connectivity index (χ2n) is 5.99. The average molecular weight is 459 g/mol. The Bertz CT molecular complexity index is 1150. The van der Waals surface area contributed by atoms with Gasteiger partial charge in [-0.15, -0.1) is 0 Å². The molecule has 0 fully saturated rings. The Morgan fingerprint density at radius 3 is 2.52 bits per heavy atom. The summed E-state index contributed by atoms with van der Waals surface area (Å²) in [5.41, 5.74) is 0.337. The minimum Gasteiger partial charge on any atom is -0.377 e. The molecular weight excluding hydrogens is 445 g/mol. The topological polar surface area (TPSA) is 84.0 Å². The van der Waals surface area contributed by atoms with Crippen molar-refractivity contribution in [3.8, 4) is 0 Å². The third-order valence-electron chi connectivity index (χ3n) is 3.91. The molecule has 1 heterocycles. The van der Waals surface area contributed by atoms with Crippen LogP contribution in [0.15, 0.2) is 53.8 Å². The number of anilines is 2. The normalized spacial score (nSPS) is 12.4. The van der Waals surface area contributed by atoms with Crippen LogP contribution in [0.25, 0.3) is 0 Å². The van der Waals surface area contributed by atoms with Crippen molar-refractivity contribution in [1.82, 2.24) is 9.97 Å². The smallest absolute Gasteiger partial charge is 0.266 e. The molecule has 11 heteroatoms. The molecule has 2 aromatic carbocycles. The molecule has 0 saturated heterocycles. The van der Waals surface area contributed by atoms with Gasteiger partial charge in [-0.25, -0.2) is 22.2 Å². The number of nitrogens with zero attached hydrogens (tertiary/aromatic N) is 2. The van der Waals surface area contributed by atoms with Gasteiger partial charge in [-0.05, 0) is 37.3 Å². The van der Waals surface area contributed by atoms with Crippen LogP contribution >= 0.6 is 23.2 Å². The van der Waals surface area contributed by atoms with Crippen LogP contribution in [0.2, 0.25) is 10.0 Å². The minimum absolute atomic E-state index is 0.0693. The Hall–Kier alpha value is -2.49. The third-order valence-corrected chi connectivity index (χ3v) is 5.83. The van der Waals surface area contributed by atoms with E-state index in [2.05, 4.69) is 20.0 Å². The summed E-state index contributed by atoms with van der Waals surface area (Å²) in [6.07, 6.45) is 3.82. The zero-order valence-corrected chi connectivity index (χ0v) is 17.2. The van der Waals surface area contributed by atoms with E-state index in [4.69, 9.17) is 23.2 Å². The van der Waals surface area contributed by atoms with E-state index < -0.39 is 32.6 Å². The number of rotatable bonds is 6. The van der Waals surface area contributed by atoms with Crippen LogP contribution in [0.3, 0.4) is 0 Å². The van der Waals surface area contributed by atoms with E-state index >= 15 is 0 Å². The van der Waals surface area contributed by atoms with Gasteiger partial charge in [-0.2, -0.15) is 0 Å². The number of benzene rings is 2. The second kappa shape index (κ2) is 8.48. The third kappa shape index (κ3) is 4.92. The van der Waals surface area contributed by atoms with Crippen molar-refractivity contribution in [2.75, 3.05) is 10.0 Å². The number of halogens is 4. The molecule has 6 nitrogen and oxygen atoms in total. The molecule has 0 aliphatic heterocycles. The highest BCUT2D eigenvalue weighted by molar-refractivity contribution is 7.92. The van der Waals surface area contributed by atoms with Gasteiger partial charge >= 0.3 is 0 Å². The van der Waals surface area contributed by atoms with Crippen LogP contribution in [-0.4, -0.2) is 18.4 Å². The van der Waals surface area contributed by atoms with E-state index in [1.165, 1.54) is 36.8 Å². The molecule has 0 aliphatic carbocycles. The van der Waals surface area contributed by atoms with Crippen LogP contribution in [0.5, 0.6) is 0 Å². The molecule has 0 saturated carbocycles. The first-order valence-electron chi connectivity index (χ1n) is 8.17. The number of aromatic nitrogens is 2. The van der Waals surface area contributed by atoms with Crippen molar-refractivity contribution < 1.29 is 17.2 Å². The Kier molecular flexibility index (Phi) is 6.21. The van der Waals surface area contributed by atoms with Gasteiger partial charge in [0.1, 0.15) is 16.5 Å². The van der Waals surface area contributed by atoms with Crippen LogP contribution < -0.4 is 10.0 Å². The molecule has 0 radical (unpaired) electrons. The highest BCUT2D eigenvalue weighted by atomic mass is 35.5. The zero-order valence-electron chi connectivity index (χ0n) is 14.8. The maximum absolute atomic E-state index is 14.6. The van der Waals surface area contributed by atoms with Crippen molar-refractivity contribution in [3.05, 3.63) is 76.2 Å². The number of nitrogens with one attached hydrogen (secondary N) is 2. The van der Waals surface area contributed by atoms with E-state index in [1.807, 2.05) is 0 Å². The fourth-order valence-electron chi connectivity index (χ4n) is 2.55. The summed E-state index contributed by atoms with van der Waals surface area (Å²) in [6.45, 7) is 1.63.